The molecule has 0 bridgehead atoms. The normalized spacial score (nSPS) is 12.7. The third-order valence-corrected chi connectivity index (χ3v) is 6.18. The summed E-state index contributed by atoms with van der Waals surface area (Å²) >= 11 is 13.6. The summed E-state index contributed by atoms with van der Waals surface area (Å²) < 4.78 is 6.94. The number of pyridine rings is 1. The molecule has 5 nitrogen and oxygen atoms in total. The van der Waals surface area contributed by atoms with Crippen molar-refractivity contribution in [3.63, 3.8) is 0 Å². The lowest BCUT2D eigenvalue weighted by Crippen LogP contribution is -1.99. The highest BCUT2D eigenvalue weighted by Gasteiger charge is 2.25. The number of ether oxygens (including phenoxy) is 1. The first-order valence-corrected chi connectivity index (χ1v) is 13.0. The van der Waals surface area contributed by atoms with Crippen molar-refractivity contribution >= 4 is 34.4 Å². The maximum Gasteiger partial charge on any atom is 0.166 e. The van der Waals surface area contributed by atoms with Crippen LogP contribution in [0.2, 0.25) is 10.3 Å². The number of hydrogen-bond acceptors (Lipinski definition) is 4. The third-order valence-electron chi connectivity index (χ3n) is 5.56. The Labute approximate surface area is 217 Å². The fourth-order valence-corrected chi connectivity index (χ4v) is 4.67. The van der Waals surface area contributed by atoms with E-state index in [0.29, 0.717) is 21.5 Å². The number of aromatic nitrogens is 4. The highest BCUT2D eigenvalue weighted by molar-refractivity contribution is 6.38. The van der Waals surface area contributed by atoms with Gasteiger partial charge in [-0.15, -0.1) is 0 Å². The van der Waals surface area contributed by atoms with E-state index in [2.05, 4.69) is 11.1 Å². The second-order valence-electron chi connectivity index (χ2n) is 7.45. The molecule has 1 aromatic carbocycles. The lowest BCUT2D eigenvalue weighted by Gasteiger charge is -2.13. The highest BCUT2D eigenvalue weighted by Crippen LogP contribution is 2.40. The van der Waals surface area contributed by atoms with E-state index in [1.165, 1.54) is 12.0 Å². The van der Waals surface area contributed by atoms with Gasteiger partial charge in [0, 0.05) is 6.20 Å². The maximum atomic E-state index is 6.87. The summed E-state index contributed by atoms with van der Waals surface area (Å²) in [5, 5.41) is 5.61. The zero-order chi connectivity index (χ0) is 25.4. The summed E-state index contributed by atoms with van der Waals surface area (Å²) in [6.07, 6.45) is 8.38. The number of fused-ring (bicyclic) bond motifs is 1. The molecule has 0 spiro atoms. The van der Waals surface area contributed by atoms with Gasteiger partial charge in [0.2, 0.25) is 0 Å². The summed E-state index contributed by atoms with van der Waals surface area (Å²) in [7, 11) is 1.63. The van der Waals surface area contributed by atoms with Gasteiger partial charge >= 0.3 is 0 Å². The van der Waals surface area contributed by atoms with Crippen molar-refractivity contribution in [1.29, 1.82) is 0 Å². The predicted molar refractivity (Wildman–Crippen MR) is 147 cm³/mol. The van der Waals surface area contributed by atoms with Gasteiger partial charge in [-0.2, -0.15) is 5.10 Å². The van der Waals surface area contributed by atoms with Crippen LogP contribution in [0, 0.1) is 0 Å². The fraction of sp³-hybridized carbons (Fsp3) is 0.321. The van der Waals surface area contributed by atoms with Crippen LogP contribution in [0.25, 0.3) is 33.7 Å². The number of hydrogen-bond donors (Lipinski definition) is 0. The van der Waals surface area contributed by atoms with Crippen molar-refractivity contribution in [2.75, 3.05) is 7.11 Å². The highest BCUT2D eigenvalue weighted by atomic mass is 35.5. The summed E-state index contributed by atoms with van der Waals surface area (Å²) in [4.78, 5) is 9.29. The molecular formula is C28H32Cl2N4O. The Balaban J connectivity index is 0.000000815. The summed E-state index contributed by atoms with van der Waals surface area (Å²) in [5.74, 6) is 0.757. The third kappa shape index (κ3) is 5.52. The Morgan fingerprint density at radius 2 is 1.66 bits per heavy atom. The SMILES string of the molecule is CC.CC.COc1ccc(-c2c(Cl)nc3c(C4=CCCCC4)c(-c4ccccn4)nn3c2Cl)cc1. The Hall–Kier alpha value is -2.89. The lowest BCUT2D eigenvalue weighted by atomic mass is 9.93. The minimum atomic E-state index is 0.341. The van der Waals surface area contributed by atoms with Crippen LogP contribution in [0.3, 0.4) is 0 Å². The molecule has 0 fully saturated rings. The molecule has 0 unspecified atom stereocenters. The van der Waals surface area contributed by atoms with E-state index in [4.69, 9.17) is 38.0 Å². The molecule has 3 aromatic heterocycles. The van der Waals surface area contributed by atoms with Gasteiger partial charge in [0.15, 0.2) is 5.65 Å². The zero-order valence-electron chi connectivity index (χ0n) is 21.0. The Morgan fingerprint density at radius 1 is 0.914 bits per heavy atom. The van der Waals surface area contributed by atoms with E-state index in [1.807, 2.05) is 70.2 Å². The molecule has 0 N–H and O–H groups in total. The van der Waals surface area contributed by atoms with E-state index in [9.17, 15) is 0 Å². The average molecular weight is 511 g/mol. The fourth-order valence-electron chi connectivity index (χ4n) is 4.03. The Bertz CT molecular complexity index is 1280. The molecule has 0 radical (unpaired) electrons. The van der Waals surface area contributed by atoms with Crippen LogP contribution in [-0.4, -0.2) is 26.7 Å². The minimum Gasteiger partial charge on any atom is -0.497 e. The van der Waals surface area contributed by atoms with Crippen molar-refractivity contribution in [2.45, 2.75) is 53.4 Å². The second-order valence-corrected chi connectivity index (χ2v) is 8.16. The largest absolute Gasteiger partial charge is 0.497 e. The van der Waals surface area contributed by atoms with E-state index >= 15 is 0 Å². The van der Waals surface area contributed by atoms with Crippen LogP contribution in [0.15, 0.2) is 54.7 Å². The average Bonchev–Trinajstić information content (AvgIpc) is 3.32. The zero-order valence-corrected chi connectivity index (χ0v) is 22.5. The molecular weight excluding hydrogens is 479 g/mol. The number of nitrogens with zero attached hydrogens (tertiary/aromatic N) is 4. The van der Waals surface area contributed by atoms with Gasteiger partial charge in [0.25, 0.3) is 0 Å². The van der Waals surface area contributed by atoms with Gasteiger partial charge in [-0.1, -0.05) is 75.2 Å². The first kappa shape index (κ1) is 26.7. The van der Waals surface area contributed by atoms with Crippen LogP contribution in [0.5, 0.6) is 5.75 Å². The van der Waals surface area contributed by atoms with Crippen LogP contribution >= 0.6 is 23.2 Å². The van der Waals surface area contributed by atoms with Crippen molar-refractivity contribution < 1.29 is 4.74 Å². The van der Waals surface area contributed by atoms with Crippen LogP contribution in [-0.2, 0) is 0 Å². The molecule has 1 aliphatic rings. The maximum absolute atomic E-state index is 6.87. The number of halogens is 2. The quantitative estimate of drug-likeness (QED) is 0.257. The number of methoxy groups -OCH3 is 1. The van der Waals surface area contributed by atoms with Crippen LogP contribution < -0.4 is 4.74 Å². The molecule has 3 heterocycles. The van der Waals surface area contributed by atoms with Gasteiger partial charge < -0.3 is 4.74 Å². The van der Waals surface area contributed by atoms with Crippen molar-refractivity contribution in [2.24, 2.45) is 0 Å². The van der Waals surface area contributed by atoms with Crippen LogP contribution in [0.1, 0.15) is 58.9 Å². The topological polar surface area (TPSA) is 52.3 Å². The molecule has 0 saturated carbocycles. The van der Waals surface area contributed by atoms with Gasteiger partial charge in [-0.25, -0.2) is 9.50 Å². The van der Waals surface area contributed by atoms with Crippen molar-refractivity contribution in [1.82, 2.24) is 19.6 Å². The summed E-state index contributed by atoms with van der Waals surface area (Å²) in [6.45, 7) is 8.00. The molecule has 7 heteroatoms. The van der Waals surface area contributed by atoms with Crippen molar-refractivity contribution in [3.8, 4) is 28.3 Å². The van der Waals surface area contributed by atoms with Gasteiger partial charge in [-0.05, 0) is 61.1 Å². The Morgan fingerprint density at radius 3 is 2.26 bits per heavy atom. The molecule has 184 valence electrons. The molecule has 35 heavy (non-hydrogen) atoms. The molecule has 0 aliphatic heterocycles. The molecule has 0 amide bonds. The van der Waals surface area contributed by atoms with Gasteiger partial charge in [-0.3, -0.25) is 4.98 Å². The molecule has 0 atom stereocenters. The molecule has 1 aliphatic carbocycles. The lowest BCUT2D eigenvalue weighted by molar-refractivity contribution is 0.415. The first-order chi connectivity index (χ1) is 17.2. The smallest absolute Gasteiger partial charge is 0.166 e. The number of allylic oxidation sites excluding steroid dienone is 2. The predicted octanol–water partition coefficient (Wildman–Crippen LogP) is 8.78. The van der Waals surface area contributed by atoms with E-state index in [0.717, 1.165) is 47.5 Å². The summed E-state index contributed by atoms with van der Waals surface area (Å²) in [5.41, 5.74) is 5.87. The van der Waals surface area contributed by atoms with Gasteiger partial charge in [0.05, 0.1) is 23.9 Å². The first-order valence-electron chi connectivity index (χ1n) is 12.2. The van der Waals surface area contributed by atoms with Crippen molar-refractivity contribution in [3.05, 3.63) is 70.6 Å². The molecule has 0 saturated heterocycles. The van der Waals surface area contributed by atoms with E-state index < -0.39 is 0 Å². The number of rotatable bonds is 4. The van der Waals surface area contributed by atoms with Crippen LogP contribution in [0.4, 0.5) is 0 Å². The second kappa shape index (κ2) is 12.7. The molecule has 5 rings (SSSR count). The number of benzene rings is 1. The van der Waals surface area contributed by atoms with E-state index in [1.54, 1.807) is 17.8 Å². The standard InChI is InChI=1S/C24H20Cl2N4O.2C2H6/c1-31-17-12-10-16(11-13-17)20-22(25)28-24-19(15-7-3-2-4-8-15)21(29-30(24)23(20)26)18-9-5-6-14-27-18;2*1-2/h5-7,9-14H,2-4,8H2,1H3;2*1-2H3. The Kier molecular flexibility index (Phi) is 9.70. The monoisotopic (exact) mass is 510 g/mol. The minimum absolute atomic E-state index is 0.341. The molecule has 4 aromatic rings. The summed E-state index contributed by atoms with van der Waals surface area (Å²) in [6, 6.07) is 13.4. The van der Waals surface area contributed by atoms with E-state index in [-0.39, 0.29) is 0 Å². The van der Waals surface area contributed by atoms with Gasteiger partial charge in [0.1, 0.15) is 21.7 Å².